The molecule has 2 rings (SSSR count). The topological polar surface area (TPSA) is 4.93 Å². The molecule has 68 valence electrons. The van der Waals surface area contributed by atoms with Crippen molar-refractivity contribution in [1.82, 2.24) is 4.57 Å². The van der Waals surface area contributed by atoms with E-state index < -0.39 is 11.6 Å². The second-order valence-electron chi connectivity index (χ2n) is 3.20. The molecule has 13 heavy (non-hydrogen) atoms. The monoisotopic (exact) mass is 181 g/mol. The Labute approximate surface area is 74.6 Å². The molecule has 3 heteroatoms. The van der Waals surface area contributed by atoms with E-state index in [-0.39, 0.29) is 0 Å². The lowest BCUT2D eigenvalue weighted by Crippen LogP contribution is -1.86. The van der Waals surface area contributed by atoms with Crippen LogP contribution in [0.2, 0.25) is 0 Å². The van der Waals surface area contributed by atoms with Crippen molar-refractivity contribution in [2.75, 3.05) is 0 Å². The first-order valence-electron chi connectivity index (χ1n) is 4.00. The van der Waals surface area contributed by atoms with Gasteiger partial charge in [0.2, 0.25) is 0 Å². The van der Waals surface area contributed by atoms with E-state index in [4.69, 9.17) is 0 Å². The molecule has 1 aromatic carbocycles. The Hall–Kier alpha value is -1.38. The first-order valence-corrected chi connectivity index (χ1v) is 4.00. The number of aromatic nitrogens is 1. The fourth-order valence-electron chi connectivity index (χ4n) is 1.65. The van der Waals surface area contributed by atoms with Crippen molar-refractivity contribution < 1.29 is 8.78 Å². The van der Waals surface area contributed by atoms with Crippen molar-refractivity contribution in [3.63, 3.8) is 0 Å². The number of fused-ring (bicyclic) bond motifs is 1. The van der Waals surface area contributed by atoms with Crippen LogP contribution in [0.25, 0.3) is 10.9 Å². The van der Waals surface area contributed by atoms with Gasteiger partial charge in [0.15, 0.2) is 0 Å². The predicted octanol–water partition coefficient (Wildman–Crippen LogP) is 2.76. The Balaban J connectivity index is 2.97. The molecule has 0 N–H and O–H groups in total. The summed E-state index contributed by atoms with van der Waals surface area (Å²) in [6.45, 7) is 1.81. The summed E-state index contributed by atoms with van der Waals surface area (Å²) in [6, 6.07) is 2.25. The molecule has 0 aliphatic heterocycles. The molecule has 0 bridgehead atoms. The Kier molecular flexibility index (Phi) is 1.62. The standard InChI is InChI=1S/C10H9F2N/c1-6-5-13(2)9-4-7(11)3-8(12)10(6)9/h3-5H,1-2H3. The van der Waals surface area contributed by atoms with E-state index in [1.54, 1.807) is 17.8 Å². The average molecular weight is 181 g/mol. The van der Waals surface area contributed by atoms with Crippen LogP contribution in [0.5, 0.6) is 0 Å². The van der Waals surface area contributed by atoms with Crippen LogP contribution in [0.15, 0.2) is 18.3 Å². The van der Waals surface area contributed by atoms with Gasteiger partial charge in [0.1, 0.15) is 11.6 Å². The number of rotatable bonds is 0. The lowest BCUT2D eigenvalue weighted by molar-refractivity contribution is 0.591. The van der Waals surface area contributed by atoms with E-state index >= 15 is 0 Å². The van der Waals surface area contributed by atoms with Gasteiger partial charge in [-0.3, -0.25) is 0 Å². The maximum atomic E-state index is 13.3. The summed E-state index contributed by atoms with van der Waals surface area (Å²) >= 11 is 0. The number of nitrogens with zero attached hydrogens (tertiary/aromatic N) is 1. The third-order valence-electron chi connectivity index (χ3n) is 2.20. The predicted molar refractivity (Wildman–Crippen MR) is 47.6 cm³/mol. The zero-order chi connectivity index (χ0) is 9.59. The molecule has 0 spiro atoms. The Bertz CT molecular complexity index is 471. The molecule has 0 radical (unpaired) electrons. The highest BCUT2D eigenvalue weighted by Crippen LogP contribution is 2.23. The quantitative estimate of drug-likeness (QED) is 0.589. The Morgan fingerprint density at radius 2 is 1.92 bits per heavy atom. The molecule has 0 aliphatic rings. The molecule has 0 saturated carbocycles. The second-order valence-corrected chi connectivity index (χ2v) is 3.20. The maximum Gasteiger partial charge on any atom is 0.135 e. The van der Waals surface area contributed by atoms with Gasteiger partial charge in [0.05, 0.1) is 5.52 Å². The zero-order valence-electron chi connectivity index (χ0n) is 7.44. The largest absolute Gasteiger partial charge is 0.350 e. The van der Waals surface area contributed by atoms with Gasteiger partial charge in [0, 0.05) is 24.7 Å². The Morgan fingerprint density at radius 1 is 1.23 bits per heavy atom. The number of hydrogen-bond donors (Lipinski definition) is 0. The lowest BCUT2D eigenvalue weighted by atomic mass is 10.2. The summed E-state index contributed by atoms with van der Waals surface area (Å²) in [7, 11) is 1.77. The summed E-state index contributed by atoms with van der Waals surface area (Å²) < 4.78 is 27.8. The van der Waals surface area contributed by atoms with Crippen molar-refractivity contribution in [3.05, 3.63) is 35.5 Å². The fourth-order valence-corrected chi connectivity index (χ4v) is 1.65. The van der Waals surface area contributed by atoms with E-state index in [0.29, 0.717) is 10.9 Å². The van der Waals surface area contributed by atoms with E-state index in [2.05, 4.69) is 0 Å². The highest BCUT2D eigenvalue weighted by atomic mass is 19.1. The van der Waals surface area contributed by atoms with Gasteiger partial charge in [-0.2, -0.15) is 0 Å². The molecule has 0 unspecified atom stereocenters. The van der Waals surface area contributed by atoms with Gasteiger partial charge in [-0.15, -0.1) is 0 Å². The van der Waals surface area contributed by atoms with Crippen LogP contribution in [-0.4, -0.2) is 4.57 Å². The van der Waals surface area contributed by atoms with Crippen LogP contribution in [0, 0.1) is 18.6 Å². The SMILES string of the molecule is Cc1cn(C)c2cc(F)cc(F)c12. The van der Waals surface area contributed by atoms with Crippen molar-refractivity contribution in [2.24, 2.45) is 7.05 Å². The van der Waals surface area contributed by atoms with Gasteiger partial charge in [-0.25, -0.2) is 8.78 Å². The van der Waals surface area contributed by atoms with Crippen molar-refractivity contribution in [2.45, 2.75) is 6.92 Å². The molecule has 1 heterocycles. The summed E-state index contributed by atoms with van der Waals surface area (Å²) in [5, 5.41) is 0.504. The van der Waals surface area contributed by atoms with Gasteiger partial charge in [-0.1, -0.05) is 0 Å². The van der Waals surface area contributed by atoms with Crippen molar-refractivity contribution >= 4 is 10.9 Å². The van der Waals surface area contributed by atoms with Gasteiger partial charge >= 0.3 is 0 Å². The Morgan fingerprint density at radius 3 is 2.62 bits per heavy atom. The van der Waals surface area contributed by atoms with E-state index in [1.165, 1.54) is 6.07 Å². The van der Waals surface area contributed by atoms with Crippen LogP contribution in [0.3, 0.4) is 0 Å². The number of hydrogen-bond acceptors (Lipinski definition) is 0. The average Bonchev–Trinajstić information content (AvgIpc) is 2.27. The normalized spacial score (nSPS) is 11.1. The maximum absolute atomic E-state index is 13.3. The number of aryl methyl sites for hydroxylation is 2. The van der Waals surface area contributed by atoms with Crippen LogP contribution in [0.1, 0.15) is 5.56 Å². The minimum atomic E-state index is -0.536. The second kappa shape index (κ2) is 2.55. The van der Waals surface area contributed by atoms with E-state index in [1.807, 2.05) is 6.92 Å². The van der Waals surface area contributed by atoms with Crippen LogP contribution >= 0.6 is 0 Å². The third kappa shape index (κ3) is 1.11. The minimum absolute atomic E-state index is 0.492. The zero-order valence-corrected chi connectivity index (χ0v) is 7.44. The summed E-state index contributed by atoms with van der Waals surface area (Å²) in [4.78, 5) is 0. The van der Waals surface area contributed by atoms with Crippen LogP contribution in [-0.2, 0) is 7.05 Å². The summed E-state index contributed by atoms with van der Waals surface area (Å²) in [5.41, 5.74) is 1.42. The molecule has 2 aromatic rings. The first kappa shape index (κ1) is 8.23. The molecule has 0 amide bonds. The van der Waals surface area contributed by atoms with E-state index in [9.17, 15) is 8.78 Å². The molecular weight excluding hydrogens is 172 g/mol. The highest BCUT2D eigenvalue weighted by Gasteiger charge is 2.09. The molecule has 0 atom stereocenters. The summed E-state index contributed by atoms with van der Waals surface area (Å²) in [6.07, 6.45) is 1.78. The smallest absolute Gasteiger partial charge is 0.135 e. The molecule has 0 fully saturated rings. The summed E-state index contributed by atoms with van der Waals surface area (Å²) in [5.74, 6) is -1.03. The number of halogens is 2. The fraction of sp³-hybridized carbons (Fsp3) is 0.200. The van der Waals surface area contributed by atoms with Gasteiger partial charge in [0.25, 0.3) is 0 Å². The van der Waals surface area contributed by atoms with Gasteiger partial charge in [-0.05, 0) is 18.6 Å². The molecule has 1 aromatic heterocycles. The number of benzene rings is 1. The highest BCUT2D eigenvalue weighted by molar-refractivity contribution is 5.84. The van der Waals surface area contributed by atoms with Gasteiger partial charge < -0.3 is 4.57 Å². The van der Waals surface area contributed by atoms with E-state index in [0.717, 1.165) is 11.6 Å². The van der Waals surface area contributed by atoms with Crippen molar-refractivity contribution in [3.8, 4) is 0 Å². The van der Waals surface area contributed by atoms with Crippen LogP contribution in [0.4, 0.5) is 8.78 Å². The minimum Gasteiger partial charge on any atom is -0.350 e. The van der Waals surface area contributed by atoms with Crippen molar-refractivity contribution in [1.29, 1.82) is 0 Å². The third-order valence-corrected chi connectivity index (χ3v) is 2.20. The van der Waals surface area contributed by atoms with Crippen LogP contribution < -0.4 is 0 Å². The molecule has 0 aliphatic carbocycles. The first-order chi connectivity index (χ1) is 6.09. The molecule has 0 saturated heterocycles. The lowest BCUT2D eigenvalue weighted by Gasteiger charge is -1.97. The molecule has 1 nitrogen and oxygen atoms in total. The molecular formula is C10H9F2N.